The van der Waals surface area contributed by atoms with Crippen LogP contribution in [0.5, 0.6) is 0 Å². The van der Waals surface area contributed by atoms with E-state index in [2.05, 4.69) is 17.0 Å². The van der Waals surface area contributed by atoms with Gasteiger partial charge in [0.2, 0.25) is 0 Å². The summed E-state index contributed by atoms with van der Waals surface area (Å²) in [4.78, 5) is 11.8. The molecule has 100 valence electrons. The molecular formula is C12H18ClN3O2. The Morgan fingerprint density at radius 3 is 3.11 bits per heavy atom. The van der Waals surface area contributed by atoms with Gasteiger partial charge in [0.05, 0.1) is 25.1 Å². The predicted molar refractivity (Wildman–Crippen MR) is 73.3 cm³/mol. The second kappa shape index (κ2) is 7.89. The minimum atomic E-state index is -0.268. The third-order valence-electron chi connectivity index (χ3n) is 2.22. The number of halogens is 1. The summed E-state index contributed by atoms with van der Waals surface area (Å²) in [6.45, 7) is 7.68. The molecule has 1 aromatic rings. The molecule has 0 amide bonds. The maximum absolute atomic E-state index is 11.8. The fourth-order valence-electron chi connectivity index (χ4n) is 1.38. The van der Waals surface area contributed by atoms with E-state index in [1.165, 1.54) is 4.68 Å². The quantitative estimate of drug-likeness (QED) is 0.580. The first-order valence-corrected chi connectivity index (χ1v) is 6.26. The fourth-order valence-corrected chi connectivity index (χ4v) is 1.60. The van der Waals surface area contributed by atoms with Gasteiger partial charge in [-0.15, -0.1) is 6.58 Å². The van der Waals surface area contributed by atoms with Crippen LogP contribution >= 0.6 is 11.6 Å². The Labute approximate surface area is 111 Å². The van der Waals surface area contributed by atoms with Gasteiger partial charge in [-0.25, -0.2) is 4.68 Å². The molecule has 1 heterocycles. The van der Waals surface area contributed by atoms with E-state index in [1.54, 1.807) is 12.3 Å². The number of nitrogens with zero attached hydrogens (tertiary/aromatic N) is 2. The lowest BCUT2D eigenvalue weighted by Gasteiger charge is -2.09. The first-order chi connectivity index (χ1) is 8.70. The smallest absolute Gasteiger partial charge is 0.287 e. The van der Waals surface area contributed by atoms with E-state index < -0.39 is 0 Å². The van der Waals surface area contributed by atoms with E-state index in [0.717, 1.165) is 6.42 Å². The Bertz CT molecular complexity index is 445. The van der Waals surface area contributed by atoms with Crippen LogP contribution in [0.25, 0.3) is 0 Å². The fraction of sp³-hybridized carbons (Fsp3) is 0.500. The summed E-state index contributed by atoms with van der Waals surface area (Å²) in [5.74, 6) is 0. The zero-order valence-corrected chi connectivity index (χ0v) is 11.2. The number of ether oxygens (including phenoxy) is 1. The highest BCUT2D eigenvalue weighted by atomic mass is 35.5. The van der Waals surface area contributed by atoms with E-state index in [9.17, 15) is 4.79 Å². The molecule has 0 aliphatic heterocycles. The van der Waals surface area contributed by atoms with Crippen LogP contribution in [0.2, 0.25) is 5.02 Å². The van der Waals surface area contributed by atoms with E-state index in [-0.39, 0.29) is 10.6 Å². The van der Waals surface area contributed by atoms with Gasteiger partial charge in [0.15, 0.2) is 0 Å². The second-order valence-electron chi connectivity index (χ2n) is 3.69. The Balaban J connectivity index is 2.59. The molecule has 18 heavy (non-hydrogen) atoms. The van der Waals surface area contributed by atoms with Gasteiger partial charge in [0.25, 0.3) is 5.56 Å². The standard InChI is InChI=1S/C12H18ClN3O2/c1-3-6-16-12(17)11(13)10(9-15-16)14-5-8-18-7-4-2/h4,9,14H,2-3,5-8H2,1H3. The molecule has 5 nitrogen and oxygen atoms in total. The number of anilines is 1. The van der Waals surface area contributed by atoms with Crippen LogP contribution in [-0.4, -0.2) is 29.5 Å². The molecule has 0 radical (unpaired) electrons. The molecule has 0 unspecified atom stereocenters. The lowest BCUT2D eigenvalue weighted by atomic mass is 10.4. The number of aromatic nitrogens is 2. The van der Waals surface area contributed by atoms with Crippen molar-refractivity contribution in [1.29, 1.82) is 0 Å². The SMILES string of the molecule is C=CCOCCNc1cnn(CCC)c(=O)c1Cl. The van der Waals surface area contributed by atoms with Crippen molar-refractivity contribution < 1.29 is 4.74 Å². The number of nitrogens with one attached hydrogen (secondary N) is 1. The second-order valence-corrected chi connectivity index (χ2v) is 4.07. The maximum Gasteiger partial charge on any atom is 0.287 e. The summed E-state index contributed by atoms with van der Waals surface area (Å²) < 4.78 is 6.57. The van der Waals surface area contributed by atoms with Crippen LogP contribution in [0.4, 0.5) is 5.69 Å². The summed E-state index contributed by atoms with van der Waals surface area (Å²) >= 11 is 5.98. The summed E-state index contributed by atoms with van der Waals surface area (Å²) in [5.41, 5.74) is 0.270. The number of hydrogen-bond donors (Lipinski definition) is 1. The maximum atomic E-state index is 11.8. The molecule has 0 aromatic carbocycles. The topological polar surface area (TPSA) is 56.1 Å². The van der Waals surface area contributed by atoms with Gasteiger partial charge in [-0.2, -0.15) is 5.10 Å². The highest BCUT2D eigenvalue weighted by molar-refractivity contribution is 6.32. The third kappa shape index (κ3) is 4.16. The zero-order chi connectivity index (χ0) is 13.4. The van der Waals surface area contributed by atoms with Crippen LogP contribution < -0.4 is 10.9 Å². The predicted octanol–water partition coefficient (Wildman–Crippen LogP) is 1.92. The largest absolute Gasteiger partial charge is 0.380 e. The zero-order valence-electron chi connectivity index (χ0n) is 10.5. The first kappa shape index (κ1) is 14.7. The van der Waals surface area contributed by atoms with E-state index in [4.69, 9.17) is 16.3 Å². The van der Waals surface area contributed by atoms with Crippen LogP contribution in [0, 0.1) is 0 Å². The van der Waals surface area contributed by atoms with Crippen molar-refractivity contribution in [2.24, 2.45) is 0 Å². The average Bonchev–Trinajstić information content (AvgIpc) is 2.37. The Kier molecular flexibility index (Phi) is 6.46. The average molecular weight is 272 g/mol. The number of hydrogen-bond acceptors (Lipinski definition) is 4. The summed E-state index contributed by atoms with van der Waals surface area (Å²) in [5, 5.41) is 7.23. The molecule has 0 saturated carbocycles. The summed E-state index contributed by atoms with van der Waals surface area (Å²) in [6, 6.07) is 0. The number of rotatable bonds is 8. The molecule has 6 heteroatoms. The minimum Gasteiger partial charge on any atom is -0.380 e. The van der Waals surface area contributed by atoms with Crippen molar-refractivity contribution in [2.75, 3.05) is 25.1 Å². The van der Waals surface area contributed by atoms with E-state index in [1.807, 2.05) is 6.92 Å². The minimum absolute atomic E-state index is 0.169. The van der Waals surface area contributed by atoms with Gasteiger partial charge in [-0.05, 0) is 6.42 Å². The molecule has 1 rings (SSSR count). The van der Waals surface area contributed by atoms with Gasteiger partial charge in [-0.1, -0.05) is 24.6 Å². The molecule has 0 atom stereocenters. The molecule has 0 saturated heterocycles. The molecule has 0 fully saturated rings. The highest BCUT2D eigenvalue weighted by Crippen LogP contribution is 2.14. The van der Waals surface area contributed by atoms with Crippen LogP contribution in [0.15, 0.2) is 23.6 Å². The van der Waals surface area contributed by atoms with Gasteiger partial charge in [0.1, 0.15) is 5.02 Å². The number of aryl methyl sites for hydroxylation is 1. The molecule has 0 aliphatic rings. The molecule has 1 aromatic heterocycles. The third-order valence-corrected chi connectivity index (χ3v) is 2.58. The van der Waals surface area contributed by atoms with Gasteiger partial charge in [-0.3, -0.25) is 4.79 Å². The molecule has 0 aliphatic carbocycles. The lowest BCUT2D eigenvalue weighted by Crippen LogP contribution is -2.24. The summed E-state index contributed by atoms with van der Waals surface area (Å²) in [7, 11) is 0. The van der Waals surface area contributed by atoms with Gasteiger partial charge in [0, 0.05) is 13.1 Å². The van der Waals surface area contributed by atoms with Crippen LogP contribution in [0.1, 0.15) is 13.3 Å². The van der Waals surface area contributed by atoms with Gasteiger partial charge < -0.3 is 10.1 Å². The molecule has 0 bridgehead atoms. The molecule has 1 N–H and O–H groups in total. The van der Waals surface area contributed by atoms with Crippen molar-refractivity contribution in [3.8, 4) is 0 Å². The monoisotopic (exact) mass is 271 g/mol. The summed E-state index contributed by atoms with van der Waals surface area (Å²) in [6.07, 6.45) is 4.08. The van der Waals surface area contributed by atoms with E-state index in [0.29, 0.717) is 32.0 Å². The highest BCUT2D eigenvalue weighted by Gasteiger charge is 2.07. The van der Waals surface area contributed by atoms with Crippen LogP contribution in [-0.2, 0) is 11.3 Å². The Morgan fingerprint density at radius 2 is 2.44 bits per heavy atom. The van der Waals surface area contributed by atoms with Crippen molar-refractivity contribution >= 4 is 17.3 Å². The lowest BCUT2D eigenvalue weighted by molar-refractivity contribution is 0.173. The molecular weight excluding hydrogens is 254 g/mol. The molecule has 0 spiro atoms. The van der Waals surface area contributed by atoms with Crippen molar-refractivity contribution in [1.82, 2.24) is 9.78 Å². The van der Waals surface area contributed by atoms with Crippen molar-refractivity contribution in [3.05, 3.63) is 34.2 Å². The van der Waals surface area contributed by atoms with Gasteiger partial charge >= 0.3 is 0 Å². The first-order valence-electron chi connectivity index (χ1n) is 5.88. The Hall–Kier alpha value is -1.33. The van der Waals surface area contributed by atoms with Crippen LogP contribution in [0.3, 0.4) is 0 Å². The van der Waals surface area contributed by atoms with Crippen molar-refractivity contribution in [3.63, 3.8) is 0 Å². The van der Waals surface area contributed by atoms with E-state index >= 15 is 0 Å². The Morgan fingerprint density at radius 1 is 1.67 bits per heavy atom. The van der Waals surface area contributed by atoms with Crippen molar-refractivity contribution in [2.45, 2.75) is 19.9 Å². The normalized spacial score (nSPS) is 10.3.